The Labute approximate surface area is 152 Å². The van der Waals surface area contributed by atoms with Gasteiger partial charge in [0.25, 0.3) is 0 Å². The van der Waals surface area contributed by atoms with Gasteiger partial charge in [-0.05, 0) is 43.4 Å². The maximum Gasteiger partial charge on any atom is 0.222 e. The zero-order chi connectivity index (χ0) is 18.7. The van der Waals surface area contributed by atoms with Gasteiger partial charge in [-0.3, -0.25) is 4.79 Å². The summed E-state index contributed by atoms with van der Waals surface area (Å²) in [6.45, 7) is 2.42. The summed E-state index contributed by atoms with van der Waals surface area (Å²) in [6, 6.07) is 4.40. The molecule has 0 aliphatic heterocycles. The fraction of sp³-hybridized carbons (Fsp3) is 0.474. The number of rotatable bonds is 7. The topological polar surface area (TPSA) is 76.4 Å². The Morgan fingerprint density at radius 1 is 1.50 bits per heavy atom. The van der Waals surface area contributed by atoms with E-state index in [1.54, 1.807) is 18.3 Å². The van der Waals surface area contributed by atoms with Crippen LogP contribution in [0.3, 0.4) is 0 Å². The number of carbonyl (C=O) groups is 1. The van der Waals surface area contributed by atoms with Crippen molar-refractivity contribution in [2.75, 3.05) is 7.11 Å². The van der Waals surface area contributed by atoms with E-state index in [4.69, 9.17) is 4.74 Å². The van der Waals surface area contributed by atoms with E-state index in [0.29, 0.717) is 31.4 Å². The van der Waals surface area contributed by atoms with E-state index in [-0.39, 0.29) is 29.7 Å². The molecule has 0 unspecified atom stereocenters. The molecule has 1 saturated carbocycles. The number of aliphatic hydroxyl groups excluding tert-OH is 1. The van der Waals surface area contributed by atoms with Gasteiger partial charge in [0.1, 0.15) is 5.82 Å². The van der Waals surface area contributed by atoms with E-state index < -0.39 is 5.82 Å². The fourth-order valence-electron chi connectivity index (χ4n) is 3.36. The first-order chi connectivity index (χ1) is 12.5. The third-order valence-corrected chi connectivity index (χ3v) is 4.98. The van der Waals surface area contributed by atoms with Crippen molar-refractivity contribution >= 4 is 5.91 Å². The number of benzene rings is 1. The van der Waals surface area contributed by atoms with Crippen LogP contribution in [0.1, 0.15) is 36.7 Å². The van der Waals surface area contributed by atoms with E-state index >= 15 is 0 Å². The van der Waals surface area contributed by atoms with Crippen LogP contribution in [0, 0.1) is 18.7 Å². The van der Waals surface area contributed by atoms with Gasteiger partial charge in [-0.25, -0.2) is 9.37 Å². The summed E-state index contributed by atoms with van der Waals surface area (Å²) in [5, 5.41) is 12.6. The number of amides is 1. The second-order valence-corrected chi connectivity index (χ2v) is 6.74. The van der Waals surface area contributed by atoms with Crippen LogP contribution in [0.5, 0.6) is 5.75 Å². The fourth-order valence-corrected chi connectivity index (χ4v) is 3.36. The molecular weight excluding hydrogens is 337 g/mol. The molecule has 0 saturated heterocycles. The molecule has 1 aliphatic carbocycles. The Hall–Kier alpha value is -2.41. The molecule has 26 heavy (non-hydrogen) atoms. The first-order valence-electron chi connectivity index (χ1n) is 8.76. The van der Waals surface area contributed by atoms with Crippen LogP contribution in [-0.2, 0) is 11.3 Å². The van der Waals surface area contributed by atoms with Gasteiger partial charge in [-0.15, -0.1) is 0 Å². The van der Waals surface area contributed by atoms with Crippen LogP contribution in [0.2, 0.25) is 0 Å². The molecule has 1 aromatic carbocycles. The highest BCUT2D eigenvalue weighted by atomic mass is 19.1. The van der Waals surface area contributed by atoms with Crippen molar-refractivity contribution in [3.8, 4) is 5.75 Å². The molecular formula is C19H24FN3O3. The largest absolute Gasteiger partial charge is 0.494 e. The Kier molecular flexibility index (Phi) is 5.56. The van der Waals surface area contributed by atoms with Gasteiger partial charge in [-0.2, -0.15) is 0 Å². The number of halogens is 1. The van der Waals surface area contributed by atoms with Crippen LogP contribution < -0.4 is 10.1 Å². The lowest BCUT2D eigenvalue weighted by Crippen LogP contribution is -2.41. The van der Waals surface area contributed by atoms with Crippen LogP contribution in [0.25, 0.3) is 0 Å². The molecule has 1 fully saturated rings. The molecule has 1 aromatic heterocycles. The molecule has 3 rings (SSSR count). The van der Waals surface area contributed by atoms with E-state index in [1.165, 1.54) is 13.2 Å². The number of hydrogen-bond acceptors (Lipinski definition) is 4. The van der Waals surface area contributed by atoms with Crippen molar-refractivity contribution in [3.63, 3.8) is 0 Å². The van der Waals surface area contributed by atoms with E-state index in [1.807, 2.05) is 17.7 Å². The van der Waals surface area contributed by atoms with Crippen molar-refractivity contribution < 1.29 is 19.0 Å². The van der Waals surface area contributed by atoms with Gasteiger partial charge in [0.15, 0.2) is 11.6 Å². The Bertz CT molecular complexity index is 771. The predicted octanol–water partition coefficient (Wildman–Crippen LogP) is 2.36. The number of aryl methyl sites for hydroxylation is 2. The number of imidazole rings is 1. The van der Waals surface area contributed by atoms with Gasteiger partial charge in [0.05, 0.1) is 19.3 Å². The Balaban J connectivity index is 1.69. The minimum Gasteiger partial charge on any atom is -0.494 e. The molecule has 0 spiro atoms. The number of aromatic nitrogens is 2. The van der Waals surface area contributed by atoms with Gasteiger partial charge in [0.2, 0.25) is 5.91 Å². The first-order valence-corrected chi connectivity index (χ1v) is 8.76. The standard InChI is InChI=1S/C19H24FN3O3/c1-12-21-6-8-23(12)7-5-18(25)22-19(14-9-15(24)10-14)13-3-4-17(26-2)16(20)11-13/h3-4,6,8,11,14-15,19,24H,5,7,9-10H2,1-2H3,(H,22,25)/t14?,15?,19-/m0/s1. The number of nitrogens with one attached hydrogen (secondary N) is 1. The second kappa shape index (κ2) is 7.86. The van der Waals surface area contributed by atoms with Crippen molar-refractivity contribution in [3.05, 3.63) is 47.8 Å². The quantitative estimate of drug-likeness (QED) is 0.794. The van der Waals surface area contributed by atoms with E-state index in [2.05, 4.69) is 10.3 Å². The normalized spacial score (nSPS) is 20.3. The number of ether oxygens (including phenoxy) is 1. The lowest BCUT2D eigenvalue weighted by atomic mass is 9.75. The summed E-state index contributed by atoms with van der Waals surface area (Å²) < 4.78 is 21.0. The Morgan fingerprint density at radius 2 is 2.27 bits per heavy atom. The summed E-state index contributed by atoms with van der Waals surface area (Å²) >= 11 is 0. The maximum absolute atomic E-state index is 14.1. The molecule has 1 heterocycles. The Morgan fingerprint density at radius 3 is 2.85 bits per heavy atom. The summed E-state index contributed by atoms with van der Waals surface area (Å²) in [7, 11) is 1.41. The second-order valence-electron chi connectivity index (χ2n) is 6.74. The lowest BCUT2D eigenvalue weighted by Gasteiger charge is -2.38. The third kappa shape index (κ3) is 4.04. The van der Waals surface area contributed by atoms with Crippen molar-refractivity contribution in [1.29, 1.82) is 0 Å². The number of methoxy groups -OCH3 is 1. The summed E-state index contributed by atoms with van der Waals surface area (Å²) in [4.78, 5) is 16.6. The molecule has 7 heteroatoms. The SMILES string of the molecule is COc1ccc([C@H](NC(=O)CCn2ccnc2C)C2CC(O)C2)cc1F. The lowest BCUT2D eigenvalue weighted by molar-refractivity contribution is -0.123. The van der Waals surface area contributed by atoms with Crippen LogP contribution in [-0.4, -0.2) is 33.8 Å². The third-order valence-electron chi connectivity index (χ3n) is 4.98. The summed E-state index contributed by atoms with van der Waals surface area (Å²) in [5.74, 6) is 0.548. The molecule has 2 N–H and O–H groups in total. The smallest absolute Gasteiger partial charge is 0.222 e. The van der Waals surface area contributed by atoms with E-state index in [9.17, 15) is 14.3 Å². The number of aliphatic hydroxyl groups is 1. The van der Waals surface area contributed by atoms with Crippen molar-refractivity contribution in [2.24, 2.45) is 5.92 Å². The number of hydrogen-bond donors (Lipinski definition) is 2. The monoisotopic (exact) mass is 361 g/mol. The van der Waals surface area contributed by atoms with Crippen LogP contribution in [0.4, 0.5) is 4.39 Å². The van der Waals surface area contributed by atoms with Gasteiger partial charge in [0, 0.05) is 25.4 Å². The highest BCUT2D eigenvalue weighted by Gasteiger charge is 2.35. The van der Waals surface area contributed by atoms with E-state index in [0.717, 1.165) is 5.82 Å². The van der Waals surface area contributed by atoms with Crippen LogP contribution in [0.15, 0.2) is 30.6 Å². The number of nitrogens with zero attached hydrogens (tertiary/aromatic N) is 2. The average molecular weight is 361 g/mol. The molecule has 1 amide bonds. The molecule has 2 aromatic rings. The van der Waals surface area contributed by atoms with Crippen LogP contribution >= 0.6 is 0 Å². The molecule has 6 nitrogen and oxygen atoms in total. The van der Waals surface area contributed by atoms with Gasteiger partial charge >= 0.3 is 0 Å². The highest BCUT2D eigenvalue weighted by Crippen LogP contribution is 2.39. The number of carbonyl (C=O) groups excluding carboxylic acids is 1. The zero-order valence-electron chi connectivity index (χ0n) is 15.0. The summed E-state index contributed by atoms with van der Waals surface area (Å²) in [6.07, 6.45) is 4.68. The molecule has 140 valence electrons. The highest BCUT2D eigenvalue weighted by molar-refractivity contribution is 5.76. The molecule has 0 bridgehead atoms. The molecule has 1 atom stereocenters. The minimum absolute atomic E-state index is 0.0942. The predicted molar refractivity (Wildman–Crippen MR) is 94.1 cm³/mol. The first kappa shape index (κ1) is 18.4. The molecule has 0 radical (unpaired) electrons. The maximum atomic E-state index is 14.1. The van der Waals surface area contributed by atoms with Gasteiger partial charge < -0.3 is 19.7 Å². The van der Waals surface area contributed by atoms with Crippen molar-refractivity contribution in [1.82, 2.24) is 14.9 Å². The average Bonchev–Trinajstić information content (AvgIpc) is 3.00. The zero-order valence-corrected chi connectivity index (χ0v) is 15.0. The van der Waals surface area contributed by atoms with Gasteiger partial charge in [-0.1, -0.05) is 6.07 Å². The van der Waals surface area contributed by atoms with Crippen molar-refractivity contribution in [2.45, 2.75) is 44.9 Å². The summed E-state index contributed by atoms with van der Waals surface area (Å²) in [5.41, 5.74) is 0.687. The molecule has 1 aliphatic rings. The minimum atomic E-state index is -0.460.